The van der Waals surface area contributed by atoms with E-state index in [-0.39, 0.29) is 31.3 Å². The Balaban J connectivity index is 1.74. The average Bonchev–Trinajstić information content (AvgIpc) is 2.91. The highest BCUT2D eigenvalue weighted by atomic mass is 79.9. The molecule has 1 saturated heterocycles. The molecule has 4 nitrogen and oxygen atoms in total. The molecule has 0 bridgehead atoms. The number of amides is 1. The molecule has 6 heteroatoms. The molecular weight excluding hydrogens is 401 g/mol. The third kappa shape index (κ3) is 3.96. The first-order valence-electron chi connectivity index (χ1n) is 8.42. The Hall–Kier alpha value is -2.21. The van der Waals surface area contributed by atoms with Gasteiger partial charge in [-0.25, -0.2) is 9.18 Å². The van der Waals surface area contributed by atoms with E-state index in [0.29, 0.717) is 10.0 Å². The third-order valence-corrected chi connectivity index (χ3v) is 5.15. The van der Waals surface area contributed by atoms with E-state index in [4.69, 9.17) is 4.74 Å². The van der Waals surface area contributed by atoms with E-state index < -0.39 is 18.0 Å². The van der Waals surface area contributed by atoms with E-state index in [2.05, 4.69) is 15.9 Å². The quantitative estimate of drug-likeness (QED) is 0.732. The van der Waals surface area contributed by atoms with Crippen molar-refractivity contribution in [2.75, 3.05) is 0 Å². The first-order valence-corrected chi connectivity index (χ1v) is 9.21. The minimum absolute atomic E-state index is 0.0754. The van der Waals surface area contributed by atoms with Crippen LogP contribution in [0.2, 0.25) is 0 Å². The van der Waals surface area contributed by atoms with Crippen molar-refractivity contribution in [3.63, 3.8) is 0 Å². The van der Waals surface area contributed by atoms with Crippen molar-refractivity contribution in [3.8, 4) is 0 Å². The number of Topliss-reactive ketones (excluding diaryl/α,β-unsaturated/α-hetero) is 1. The van der Waals surface area contributed by atoms with E-state index in [9.17, 15) is 14.0 Å². The lowest BCUT2D eigenvalue weighted by Crippen LogP contribution is -2.43. The van der Waals surface area contributed by atoms with Gasteiger partial charge in [0.2, 0.25) is 0 Å². The summed E-state index contributed by atoms with van der Waals surface area (Å²) < 4.78 is 20.0. The Kier molecular flexibility index (Phi) is 5.71. The molecule has 2 aromatic carbocycles. The molecule has 2 atom stereocenters. The summed E-state index contributed by atoms with van der Waals surface area (Å²) in [5.41, 5.74) is 1.27. The fourth-order valence-corrected chi connectivity index (χ4v) is 3.62. The second kappa shape index (κ2) is 7.99. The maximum absolute atomic E-state index is 14.3. The molecule has 136 valence electrons. The summed E-state index contributed by atoms with van der Waals surface area (Å²) in [6, 6.07) is 13.3. The van der Waals surface area contributed by atoms with Crippen molar-refractivity contribution >= 4 is 27.8 Å². The van der Waals surface area contributed by atoms with Crippen LogP contribution in [-0.2, 0) is 22.6 Å². The maximum Gasteiger partial charge on any atom is 0.410 e. The normalized spacial score (nSPS) is 19.7. The molecule has 1 unspecified atom stereocenters. The van der Waals surface area contributed by atoms with Gasteiger partial charge < -0.3 is 4.74 Å². The first kappa shape index (κ1) is 18.6. The van der Waals surface area contributed by atoms with E-state index in [1.807, 2.05) is 30.3 Å². The molecule has 1 aliphatic rings. The zero-order valence-electron chi connectivity index (χ0n) is 14.3. The van der Waals surface area contributed by atoms with Crippen molar-refractivity contribution in [1.29, 1.82) is 0 Å². The van der Waals surface area contributed by atoms with Crippen LogP contribution in [0.1, 0.15) is 24.5 Å². The van der Waals surface area contributed by atoms with Crippen molar-refractivity contribution < 1.29 is 18.7 Å². The van der Waals surface area contributed by atoms with Gasteiger partial charge in [-0.15, -0.1) is 0 Å². The van der Waals surface area contributed by atoms with E-state index in [1.165, 1.54) is 4.90 Å². The minimum atomic E-state index is -0.711. The van der Waals surface area contributed by atoms with Crippen LogP contribution in [0.25, 0.3) is 0 Å². The van der Waals surface area contributed by atoms with Gasteiger partial charge in [-0.05, 0) is 40.0 Å². The van der Waals surface area contributed by atoms with Gasteiger partial charge in [0.25, 0.3) is 0 Å². The van der Waals surface area contributed by atoms with E-state index >= 15 is 0 Å². The molecule has 1 aliphatic heterocycles. The van der Waals surface area contributed by atoms with Crippen molar-refractivity contribution in [3.05, 3.63) is 69.9 Å². The maximum atomic E-state index is 14.3. The largest absolute Gasteiger partial charge is 0.445 e. The molecule has 0 radical (unpaired) electrons. The van der Waals surface area contributed by atoms with Gasteiger partial charge in [0.15, 0.2) is 5.78 Å². The number of hydrogen-bond donors (Lipinski definition) is 0. The van der Waals surface area contributed by atoms with Crippen molar-refractivity contribution in [2.24, 2.45) is 0 Å². The Morgan fingerprint density at radius 2 is 1.96 bits per heavy atom. The predicted molar refractivity (Wildman–Crippen MR) is 99.1 cm³/mol. The van der Waals surface area contributed by atoms with Crippen LogP contribution in [0.4, 0.5) is 9.18 Å². The van der Waals surface area contributed by atoms with Crippen LogP contribution in [0.3, 0.4) is 0 Å². The molecule has 2 aromatic rings. The van der Waals surface area contributed by atoms with Crippen molar-refractivity contribution in [1.82, 2.24) is 4.90 Å². The molecule has 1 amide bonds. The first-order chi connectivity index (χ1) is 12.5. The number of carbonyl (C=O) groups is 2. The number of benzene rings is 2. The Bertz CT molecular complexity index is 812. The summed E-state index contributed by atoms with van der Waals surface area (Å²) in [4.78, 5) is 26.4. The number of ketones is 1. The molecule has 0 spiro atoms. The van der Waals surface area contributed by atoms with Crippen molar-refractivity contribution in [2.45, 2.75) is 38.5 Å². The number of nitrogens with zero attached hydrogens (tertiary/aromatic N) is 1. The minimum Gasteiger partial charge on any atom is -0.445 e. The van der Waals surface area contributed by atoms with Crippen LogP contribution >= 0.6 is 15.9 Å². The number of hydrogen-bond acceptors (Lipinski definition) is 3. The molecular formula is C20H19BrFNO3. The lowest BCUT2D eigenvalue weighted by Gasteiger charge is -2.27. The van der Waals surface area contributed by atoms with Gasteiger partial charge in [0.05, 0.1) is 10.5 Å². The lowest BCUT2D eigenvalue weighted by molar-refractivity contribution is -0.119. The van der Waals surface area contributed by atoms with Crippen LogP contribution in [0.15, 0.2) is 53.0 Å². The fraction of sp³-hybridized carbons (Fsp3) is 0.300. The number of halogens is 2. The average molecular weight is 420 g/mol. The summed E-state index contributed by atoms with van der Waals surface area (Å²) in [6.45, 7) is 1.94. The monoisotopic (exact) mass is 419 g/mol. The molecule has 0 aliphatic carbocycles. The summed E-state index contributed by atoms with van der Waals surface area (Å²) >= 11 is 3.15. The molecule has 3 rings (SSSR count). The van der Waals surface area contributed by atoms with Gasteiger partial charge in [-0.1, -0.05) is 42.5 Å². The molecule has 1 fully saturated rings. The van der Waals surface area contributed by atoms with Gasteiger partial charge in [-0.3, -0.25) is 9.69 Å². The van der Waals surface area contributed by atoms with Crippen LogP contribution in [0.5, 0.6) is 0 Å². The Morgan fingerprint density at radius 3 is 2.69 bits per heavy atom. The summed E-state index contributed by atoms with van der Waals surface area (Å²) in [5.74, 6) is -0.481. The Labute approximate surface area is 160 Å². The lowest BCUT2D eigenvalue weighted by atomic mass is 10.0. The standard InChI is InChI=1S/C20H19BrFNO3/c1-13-10-18(24)17(11-15-8-5-9-16(21)19(15)22)23(13)20(25)26-12-14-6-3-2-4-7-14/h2-9,13,17H,10-12H2,1H3/t13-,17?/m1/s1. The second-order valence-corrected chi connectivity index (χ2v) is 7.25. The number of likely N-dealkylation sites (tertiary alicyclic amines) is 1. The topological polar surface area (TPSA) is 46.6 Å². The highest BCUT2D eigenvalue weighted by Crippen LogP contribution is 2.27. The van der Waals surface area contributed by atoms with Crippen LogP contribution in [-0.4, -0.2) is 28.9 Å². The molecule has 0 aromatic heterocycles. The SMILES string of the molecule is C[C@@H]1CC(=O)C(Cc2cccc(Br)c2F)N1C(=O)OCc1ccccc1. The smallest absolute Gasteiger partial charge is 0.410 e. The highest BCUT2D eigenvalue weighted by molar-refractivity contribution is 9.10. The molecule has 1 heterocycles. The number of rotatable bonds is 4. The fourth-order valence-electron chi connectivity index (χ4n) is 3.22. The summed E-state index contributed by atoms with van der Waals surface area (Å²) in [5, 5.41) is 0. The number of ether oxygens (including phenoxy) is 1. The highest BCUT2D eigenvalue weighted by Gasteiger charge is 2.42. The van der Waals surface area contributed by atoms with Gasteiger partial charge in [0.1, 0.15) is 12.4 Å². The van der Waals surface area contributed by atoms with Gasteiger partial charge in [0, 0.05) is 18.9 Å². The zero-order valence-corrected chi connectivity index (χ0v) is 15.9. The zero-order chi connectivity index (χ0) is 18.7. The molecule has 0 saturated carbocycles. The van der Waals surface area contributed by atoms with Crippen LogP contribution < -0.4 is 0 Å². The molecule has 0 N–H and O–H groups in total. The second-order valence-electron chi connectivity index (χ2n) is 6.40. The Morgan fingerprint density at radius 1 is 1.23 bits per heavy atom. The summed E-state index contributed by atoms with van der Waals surface area (Å²) in [7, 11) is 0. The van der Waals surface area contributed by atoms with Crippen LogP contribution in [0, 0.1) is 5.82 Å². The van der Waals surface area contributed by atoms with Gasteiger partial charge in [-0.2, -0.15) is 0 Å². The van der Waals surface area contributed by atoms with E-state index in [1.54, 1.807) is 25.1 Å². The molecule has 26 heavy (non-hydrogen) atoms. The van der Waals surface area contributed by atoms with Gasteiger partial charge >= 0.3 is 6.09 Å². The summed E-state index contributed by atoms with van der Waals surface area (Å²) in [6.07, 6.45) is -0.164. The van der Waals surface area contributed by atoms with E-state index in [0.717, 1.165) is 5.56 Å². The third-order valence-electron chi connectivity index (χ3n) is 4.54. The predicted octanol–water partition coefficient (Wildman–Crippen LogP) is 4.50. The number of carbonyl (C=O) groups excluding carboxylic acids is 2.